The Kier molecular flexibility index (Phi) is 7.85. The molecule has 0 fully saturated rings. The number of nitrogens with zero attached hydrogens (tertiary/aromatic N) is 1. The molecule has 0 radical (unpaired) electrons. The lowest BCUT2D eigenvalue weighted by atomic mass is 10.1. The SMILES string of the molecule is C=CCN(CC=C)C(=O)COc1ccccc1C(=O)NCc1ccccc1. The van der Waals surface area contributed by atoms with E-state index in [-0.39, 0.29) is 18.4 Å². The van der Waals surface area contributed by atoms with E-state index >= 15 is 0 Å². The maximum atomic E-state index is 12.5. The molecule has 2 aromatic carbocycles. The number of ether oxygens (including phenoxy) is 1. The topological polar surface area (TPSA) is 58.6 Å². The van der Waals surface area contributed by atoms with Crippen LogP contribution in [0.2, 0.25) is 0 Å². The van der Waals surface area contributed by atoms with E-state index in [0.717, 1.165) is 5.56 Å². The molecule has 2 amide bonds. The van der Waals surface area contributed by atoms with Crippen molar-refractivity contribution < 1.29 is 14.3 Å². The van der Waals surface area contributed by atoms with Crippen LogP contribution in [-0.2, 0) is 11.3 Å². The summed E-state index contributed by atoms with van der Waals surface area (Å²) in [6, 6.07) is 16.5. The Morgan fingerprint density at radius 1 is 0.963 bits per heavy atom. The fraction of sp³-hybridized carbons (Fsp3) is 0.182. The normalized spacial score (nSPS) is 9.93. The molecule has 0 aliphatic carbocycles. The van der Waals surface area contributed by atoms with E-state index in [0.29, 0.717) is 30.9 Å². The second-order valence-corrected chi connectivity index (χ2v) is 5.83. The van der Waals surface area contributed by atoms with Gasteiger partial charge in [-0.25, -0.2) is 0 Å². The molecule has 0 saturated heterocycles. The van der Waals surface area contributed by atoms with Gasteiger partial charge in [0, 0.05) is 19.6 Å². The first-order chi connectivity index (χ1) is 13.2. The molecule has 0 unspecified atom stereocenters. The van der Waals surface area contributed by atoms with Crippen LogP contribution in [0.15, 0.2) is 79.9 Å². The number of carbonyl (C=O) groups is 2. The highest BCUT2D eigenvalue weighted by Gasteiger charge is 2.15. The van der Waals surface area contributed by atoms with Crippen LogP contribution in [0.4, 0.5) is 0 Å². The van der Waals surface area contributed by atoms with Gasteiger partial charge in [-0.15, -0.1) is 13.2 Å². The van der Waals surface area contributed by atoms with Crippen LogP contribution in [0.1, 0.15) is 15.9 Å². The Bertz CT molecular complexity index is 777. The predicted molar refractivity (Wildman–Crippen MR) is 107 cm³/mol. The van der Waals surface area contributed by atoms with Gasteiger partial charge in [-0.1, -0.05) is 54.6 Å². The maximum Gasteiger partial charge on any atom is 0.261 e. The van der Waals surface area contributed by atoms with Crippen molar-refractivity contribution in [3.05, 3.63) is 91.0 Å². The first-order valence-corrected chi connectivity index (χ1v) is 8.69. The molecule has 0 heterocycles. The zero-order valence-corrected chi connectivity index (χ0v) is 15.3. The molecule has 0 aliphatic rings. The van der Waals surface area contributed by atoms with Crippen LogP contribution >= 0.6 is 0 Å². The Hall–Kier alpha value is -3.34. The quantitative estimate of drug-likeness (QED) is 0.659. The fourth-order valence-electron chi connectivity index (χ4n) is 2.47. The number of hydrogen-bond donors (Lipinski definition) is 1. The van der Waals surface area contributed by atoms with E-state index in [1.54, 1.807) is 41.3 Å². The number of carbonyl (C=O) groups excluding carboxylic acids is 2. The van der Waals surface area contributed by atoms with Gasteiger partial charge in [0.05, 0.1) is 5.56 Å². The minimum atomic E-state index is -0.254. The molecule has 0 saturated carbocycles. The molecular formula is C22H24N2O3. The summed E-state index contributed by atoms with van der Waals surface area (Å²) in [5.41, 5.74) is 1.39. The summed E-state index contributed by atoms with van der Waals surface area (Å²) < 4.78 is 5.63. The average molecular weight is 364 g/mol. The zero-order valence-electron chi connectivity index (χ0n) is 15.3. The van der Waals surface area contributed by atoms with Gasteiger partial charge < -0.3 is 15.0 Å². The second kappa shape index (κ2) is 10.6. The van der Waals surface area contributed by atoms with Crippen LogP contribution in [0, 0.1) is 0 Å². The smallest absolute Gasteiger partial charge is 0.261 e. The minimum Gasteiger partial charge on any atom is -0.483 e. The van der Waals surface area contributed by atoms with E-state index in [1.807, 2.05) is 30.3 Å². The summed E-state index contributed by atoms with van der Waals surface area (Å²) in [5.74, 6) is -0.0844. The average Bonchev–Trinajstić information content (AvgIpc) is 2.71. The Balaban J connectivity index is 1.99. The third-order valence-electron chi connectivity index (χ3n) is 3.83. The van der Waals surface area contributed by atoms with Crippen molar-refractivity contribution in [1.82, 2.24) is 10.2 Å². The summed E-state index contributed by atoms with van der Waals surface area (Å²) in [6.45, 7) is 8.36. The predicted octanol–water partition coefficient (Wildman–Crippen LogP) is 3.20. The molecule has 0 atom stereocenters. The maximum absolute atomic E-state index is 12.5. The fourth-order valence-corrected chi connectivity index (χ4v) is 2.47. The lowest BCUT2D eigenvalue weighted by Crippen LogP contribution is -2.35. The number of benzene rings is 2. The molecule has 5 nitrogen and oxygen atoms in total. The Labute approximate surface area is 160 Å². The molecule has 27 heavy (non-hydrogen) atoms. The van der Waals surface area contributed by atoms with Gasteiger partial charge >= 0.3 is 0 Å². The highest BCUT2D eigenvalue weighted by molar-refractivity contribution is 5.97. The van der Waals surface area contributed by atoms with Gasteiger partial charge in [0.25, 0.3) is 11.8 Å². The number of para-hydroxylation sites is 1. The minimum absolute atomic E-state index is 0.162. The third-order valence-corrected chi connectivity index (χ3v) is 3.83. The molecule has 0 spiro atoms. The monoisotopic (exact) mass is 364 g/mol. The zero-order chi connectivity index (χ0) is 19.5. The number of nitrogens with one attached hydrogen (secondary N) is 1. The van der Waals surface area contributed by atoms with Gasteiger partial charge in [0.15, 0.2) is 6.61 Å². The van der Waals surface area contributed by atoms with E-state index in [9.17, 15) is 9.59 Å². The third kappa shape index (κ3) is 6.15. The van der Waals surface area contributed by atoms with Crippen molar-refractivity contribution in [3.8, 4) is 5.75 Å². The van der Waals surface area contributed by atoms with E-state index < -0.39 is 0 Å². The van der Waals surface area contributed by atoms with Gasteiger partial charge in [-0.05, 0) is 17.7 Å². The standard InChI is InChI=1S/C22H24N2O3/c1-3-14-24(15-4-2)21(25)17-27-20-13-9-8-12-19(20)22(26)23-16-18-10-6-5-7-11-18/h3-13H,1-2,14-17H2,(H,23,26). The van der Waals surface area contributed by atoms with Gasteiger partial charge in [-0.3, -0.25) is 9.59 Å². The first-order valence-electron chi connectivity index (χ1n) is 8.69. The van der Waals surface area contributed by atoms with E-state index in [1.165, 1.54) is 0 Å². The molecule has 140 valence electrons. The van der Waals surface area contributed by atoms with Crippen LogP contribution in [-0.4, -0.2) is 36.4 Å². The highest BCUT2D eigenvalue weighted by atomic mass is 16.5. The first kappa shape index (κ1) is 20.0. The molecule has 1 N–H and O–H groups in total. The molecule has 2 aromatic rings. The van der Waals surface area contributed by atoms with Crippen molar-refractivity contribution in [2.24, 2.45) is 0 Å². The van der Waals surface area contributed by atoms with Crippen molar-refractivity contribution >= 4 is 11.8 Å². The number of amides is 2. The largest absolute Gasteiger partial charge is 0.483 e. The van der Waals surface area contributed by atoms with Crippen LogP contribution in [0.25, 0.3) is 0 Å². The molecule has 0 bridgehead atoms. The lowest BCUT2D eigenvalue weighted by Gasteiger charge is -2.20. The molecular weight excluding hydrogens is 340 g/mol. The summed E-state index contributed by atoms with van der Waals surface area (Å²) in [7, 11) is 0. The van der Waals surface area contributed by atoms with Gasteiger partial charge in [-0.2, -0.15) is 0 Å². The summed E-state index contributed by atoms with van der Waals surface area (Å²) in [6.07, 6.45) is 3.29. The lowest BCUT2D eigenvalue weighted by molar-refractivity contribution is -0.132. The number of rotatable bonds is 10. The molecule has 0 aromatic heterocycles. The van der Waals surface area contributed by atoms with Crippen molar-refractivity contribution in [3.63, 3.8) is 0 Å². The number of hydrogen-bond acceptors (Lipinski definition) is 3. The van der Waals surface area contributed by atoms with Crippen LogP contribution < -0.4 is 10.1 Å². The highest BCUT2D eigenvalue weighted by Crippen LogP contribution is 2.18. The molecule has 5 heteroatoms. The van der Waals surface area contributed by atoms with Crippen LogP contribution in [0.5, 0.6) is 5.75 Å². The summed E-state index contributed by atoms with van der Waals surface area (Å²) >= 11 is 0. The van der Waals surface area contributed by atoms with Gasteiger partial charge in [0.2, 0.25) is 0 Å². The summed E-state index contributed by atoms with van der Waals surface area (Å²) in [5, 5.41) is 2.87. The van der Waals surface area contributed by atoms with Crippen molar-refractivity contribution in [2.45, 2.75) is 6.54 Å². The van der Waals surface area contributed by atoms with Crippen molar-refractivity contribution in [1.29, 1.82) is 0 Å². The Morgan fingerprint density at radius 3 is 2.26 bits per heavy atom. The van der Waals surface area contributed by atoms with E-state index in [4.69, 9.17) is 4.74 Å². The molecule has 0 aliphatic heterocycles. The second-order valence-electron chi connectivity index (χ2n) is 5.83. The summed E-state index contributed by atoms with van der Waals surface area (Å²) in [4.78, 5) is 26.4. The van der Waals surface area contributed by atoms with Gasteiger partial charge in [0.1, 0.15) is 5.75 Å². The Morgan fingerprint density at radius 2 is 1.59 bits per heavy atom. The van der Waals surface area contributed by atoms with E-state index in [2.05, 4.69) is 18.5 Å². The van der Waals surface area contributed by atoms with Crippen LogP contribution in [0.3, 0.4) is 0 Å². The van der Waals surface area contributed by atoms with Crippen molar-refractivity contribution in [2.75, 3.05) is 19.7 Å². The molecule has 2 rings (SSSR count).